The van der Waals surface area contributed by atoms with Crippen molar-refractivity contribution in [1.82, 2.24) is 15.5 Å². The van der Waals surface area contributed by atoms with Crippen molar-refractivity contribution in [2.45, 2.75) is 26.3 Å². The Morgan fingerprint density at radius 2 is 1.73 bits per heavy atom. The predicted octanol–water partition coefficient (Wildman–Crippen LogP) is 2.06. The Labute approximate surface area is 172 Å². The van der Waals surface area contributed by atoms with Crippen molar-refractivity contribution >= 4 is 41.5 Å². The summed E-state index contributed by atoms with van der Waals surface area (Å²) in [6, 6.07) is 6.57. The molecule has 0 unspecified atom stereocenters. The lowest BCUT2D eigenvalue weighted by molar-refractivity contribution is -0.121. The average Bonchev–Trinajstić information content (AvgIpc) is 2.55. The summed E-state index contributed by atoms with van der Waals surface area (Å²) in [5, 5.41) is 6.04. The van der Waals surface area contributed by atoms with Crippen LogP contribution in [0.25, 0.3) is 0 Å². The summed E-state index contributed by atoms with van der Waals surface area (Å²) >= 11 is 0. The molecule has 8 heteroatoms. The Balaban J connectivity index is 0.00000338. The fourth-order valence-electron chi connectivity index (χ4n) is 2.78. The molecule has 0 aliphatic carbocycles. The minimum Gasteiger partial charge on any atom is -0.368 e. The lowest BCUT2D eigenvalue weighted by atomic mass is 10.1. The fourth-order valence-corrected chi connectivity index (χ4v) is 2.78. The first-order valence-corrected chi connectivity index (χ1v) is 8.55. The zero-order valence-electron chi connectivity index (χ0n) is 15.9. The molecule has 146 valence electrons. The molecule has 1 saturated heterocycles. The van der Waals surface area contributed by atoms with Gasteiger partial charge in [0.25, 0.3) is 0 Å². The monoisotopic (exact) mass is 477 g/mol. The number of halogens is 2. The first kappa shape index (κ1) is 22.5. The summed E-state index contributed by atoms with van der Waals surface area (Å²) in [4.78, 5) is 20.6. The third kappa shape index (κ3) is 6.97. The van der Waals surface area contributed by atoms with Crippen molar-refractivity contribution in [3.8, 4) is 0 Å². The van der Waals surface area contributed by atoms with Gasteiger partial charge in [-0.2, -0.15) is 0 Å². The van der Waals surface area contributed by atoms with E-state index < -0.39 is 0 Å². The number of nitrogens with one attached hydrogen (secondary N) is 2. The van der Waals surface area contributed by atoms with Crippen LogP contribution in [0.1, 0.15) is 20.8 Å². The molecule has 6 nitrogen and oxygen atoms in total. The molecule has 0 aromatic heterocycles. The van der Waals surface area contributed by atoms with E-state index in [9.17, 15) is 9.18 Å². The van der Waals surface area contributed by atoms with Gasteiger partial charge in [0.2, 0.25) is 5.91 Å². The minimum absolute atomic E-state index is 0. The van der Waals surface area contributed by atoms with E-state index >= 15 is 0 Å². The van der Waals surface area contributed by atoms with E-state index in [0.717, 1.165) is 37.8 Å². The number of carbonyl (C=O) groups is 1. The van der Waals surface area contributed by atoms with E-state index in [-0.39, 0.29) is 47.8 Å². The van der Waals surface area contributed by atoms with E-state index in [1.165, 1.54) is 12.1 Å². The lowest BCUT2D eigenvalue weighted by Crippen LogP contribution is -2.54. The summed E-state index contributed by atoms with van der Waals surface area (Å²) < 4.78 is 13.0. The van der Waals surface area contributed by atoms with E-state index in [1.807, 2.05) is 20.8 Å². The zero-order chi connectivity index (χ0) is 18.4. The van der Waals surface area contributed by atoms with Crippen molar-refractivity contribution in [3.63, 3.8) is 0 Å². The van der Waals surface area contributed by atoms with Crippen molar-refractivity contribution in [3.05, 3.63) is 30.1 Å². The molecule has 1 heterocycles. The van der Waals surface area contributed by atoms with Crippen LogP contribution in [0.5, 0.6) is 0 Å². The SMILES string of the molecule is CN=C(NCC(=O)NC(C)(C)C)N1CCN(c2ccc(F)cc2)CC1.I. The summed E-state index contributed by atoms with van der Waals surface area (Å²) in [7, 11) is 1.72. The molecular formula is C18H29FIN5O. The van der Waals surface area contributed by atoms with E-state index in [1.54, 1.807) is 19.2 Å². The molecule has 0 saturated carbocycles. The molecule has 26 heavy (non-hydrogen) atoms. The fraction of sp³-hybridized carbons (Fsp3) is 0.556. The van der Waals surface area contributed by atoms with Crippen LogP contribution < -0.4 is 15.5 Å². The van der Waals surface area contributed by atoms with Gasteiger partial charge in [0.05, 0.1) is 6.54 Å². The highest BCUT2D eigenvalue weighted by molar-refractivity contribution is 14.0. The molecule has 0 spiro atoms. The quantitative estimate of drug-likeness (QED) is 0.398. The number of hydrogen-bond acceptors (Lipinski definition) is 3. The highest BCUT2D eigenvalue weighted by Crippen LogP contribution is 2.16. The Bertz CT molecular complexity index is 607. The third-order valence-electron chi connectivity index (χ3n) is 3.90. The highest BCUT2D eigenvalue weighted by Gasteiger charge is 2.21. The molecule has 1 fully saturated rings. The summed E-state index contributed by atoms with van der Waals surface area (Å²) in [6.45, 7) is 9.27. The van der Waals surface area contributed by atoms with Crippen LogP contribution in [0.3, 0.4) is 0 Å². The number of carbonyl (C=O) groups excluding carboxylic acids is 1. The molecule has 1 aliphatic heterocycles. The van der Waals surface area contributed by atoms with Crippen molar-refractivity contribution in [2.24, 2.45) is 4.99 Å². The molecule has 2 rings (SSSR count). The minimum atomic E-state index is -0.247. The molecule has 2 N–H and O–H groups in total. The third-order valence-corrected chi connectivity index (χ3v) is 3.90. The molecule has 0 atom stereocenters. The summed E-state index contributed by atoms with van der Waals surface area (Å²) in [5.41, 5.74) is 0.775. The van der Waals surface area contributed by atoms with Gasteiger partial charge in [-0.15, -0.1) is 24.0 Å². The van der Waals surface area contributed by atoms with Crippen LogP contribution in [0, 0.1) is 5.82 Å². The van der Waals surface area contributed by atoms with Gasteiger partial charge in [-0.3, -0.25) is 9.79 Å². The molecule has 1 aromatic carbocycles. The van der Waals surface area contributed by atoms with Gasteiger partial charge >= 0.3 is 0 Å². The van der Waals surface area contributed by atoms with Crippen LogP contribution in [0.4, 0.5) is 10.1 Å². The van der Waals surface area contributed by atoms with Crippen LogP contribution >= 0.6 is 24.0 Å². The predicted molar refractivity (Wildman–Crippen MR) is 115 cm³/mol. The van der Waals surface area contributed by atoms with E-state index in [2.05, 4.69) is 25.4 Å². The van der Waals surface area contributed by atoms with E-state index in [4.69, 9.17) is 0 Å². The second-order valence-corrected chi connectivity index (χ2v) is 7.15. The normalized spacial score (nSPS) is 15.3. The average molecular weight is 477 g/mol. The maximum atomic E-state index is 13.0. The number of aliphatic imine (C=N–C) groups is 1. The Kier molecular flexibility index (Phi) is 8.58. The summed E-state index contributed by atoms with van der Waals surface area (Å²) in [5.74, 6) is 0.446. The van der Waals surface area contributed by atoms with Crippen molar-refractivity contribution in [2.75, 3.05) is 44.7 Å². The van der Waals surface area contributed by atoms with Gasteiger partial charge < -0.3 is 20.4 Å². The molecule has 1 aliphatic rings. The molecule has 1 aromatic rings. The summed E-state index contributed by atoms with van der Waals surface area (Å²) in [6.07, 6.45) is 0. The van der Waals surface area contributed by atoms with Gasteiger partial charge in [-0.25, -0.2) is 4.39 Å². The zero-order valence-corrected chi connectivity index (χ0v) is 18.2. The maximum absolute atomic E-state index is 13.0. The van der Waals surface area contributed by atoms with Crippen LogP contribution in [0.15, 0.2) is 29.3 Å². The first-order valence-electron chi connectivity index (χ1n) is 8.55. The number of nitrogens with zero attached hydrogens (tertiary/aromatic N) is 3. The van der Waals surface area contributed by atoms with Gasteiger partial charge in [0, 0.05) is 44.5 Å². The largest absolute Gasteiger partial charge is 0.368 e. The number of guanidine groups is 1. The van der Waals surface area contributed by atoms with Gasteiger partial charge in [-0.1, -0.05) is 0 Å². The van der Waals surface area contributed by atoms with Gasteiger partial charge in [0.1, 0.15) is 5.82 Å². The molecule has 1 amide bonds. The Morgan fingerprint density at radius 1 is 1.15 bits per heavy atom. The number of amides is 1. The molecule has 0 radical (unpaired) electrons. The second-order valence-electron chi connectivity index (χ2n) is 7.15. The van der Waals surface area contributed by atoms with E-state index in [0.29, 0.717) is 0 Å². The van der Waals surface area contributed by atoms with Crippen LogP contribution in [0.2, 0.25) is 0 Å². The maximum Gasteiger partial charge on any atom is 0.239 e. The highest BCUT2D eigenvalue weighted by atomic mass is 127. The Hall–Kier alpha value is -1.58. The van der Waals surface area contributed by atoms with Crippen molar-refractivity contribution < 1.29 is 9.18 Å². The second kappa shape index (κ2) is 9.94. The van der Waals surface area contributed by atoms with Crippen molar-refractivity contribution in [1.29, 1.82) is 0 Å². The standard InChI is InChI=1S/C18H28FN5O.HI/c1-18(2,3)22-16(25)13-21-17(20-4)24-11-9-23(10-12-24)15-7-5-14(19)6-8-15;/h5-8H,9-13H2,1-4H3,(H,20,21)(H,22,25);1H. The number of anilines is 1. The number of benzene rings is 1. The smallest absolute Gasteiger partial charge is 0.239 e. The molecular weight excluding hydrogens is 448 g/mol. The Morgan fingerprint density at radius 3 is 2.23 bits per heavy atom. The van der Waals surface area contributed by atoms with Crippen LogP contribution in [-0.4, -0.2) is 62.1 Å². The first-order chi connectivity index (χ1) is 11.8. The van der Waals surface area contributed by atoms with Gasteiger partial charge in [0.15, 0.2) is 5.96 Å². The topological polar surface area (TPSA) is 60.0 Å². The van der Waals surface area contributed by atoms with Crippen LogP contribution in [-0.2, 0) is 4.79 Å². The number of rotatable bonds is 3. The molecule has 0 bridgehead atoms. The van der Waals surface area contributed by atoms with Gasteiger partial charge in [-0.05, 0) is 45.0 Å². The number of piperazine rings is 1. The number of hydrogen-bond donors (Lipinski definition) is 2. The lowest BCUT2D eigenvalue weighted by Gasteiger charge is -2.37.